The van der Waals surface area contributed by atoms with Crippen LogP contribution in [0.5, 0.6) is 0 Å². The van der Waals surface area contributed by atoms with Crippen LogP contribution in [0.3, 0.4) is 0 Å². The van der Waals surface area contributed by atoms with E-state index in [9.17, 15) is 4.79 Å². The van der Waals surface area contributed by atoms with Crippen LogP contribution in [0.15, 0.2) is 18.2 Å². The second-order valence-electron chi connectivity index (χ2n) is 5.63. The lowest BCUT2D eigenvalue weighted by molar-refractivity contribution is -0.116. The van der Waals surface area contributed by atoms with Crippen molar-refractivity contribution in [2.24, 2.45) is 5.73 Å². The fourth-order valence-electron chi connectivity index (χ4n) is 2.37. The zero-order valence-corrected chi connectivity index (χ0v) is 13.3. The number of halogens is 1. The molecule has 0 radical (unpaired) electrons. The van der Waals surface area contributed by atoms with Gasteiger partial charge in [-0.05, 0) is 31.4 Å². The predicted molar refractivity (Wildman–Crippen MR) is 87.6 cm³/mol. The zero-order chi connectivity index (χ0) is 15.2. The van der Waals surface area contributed by atoms with Crippen molar-refractivity contribution in [3.8, 4) is 0 Å². The molecule has 1 aliphatic rings. The summed E-state index contributed by atoms with van der Waals surface area (Å²) in [5.74, 6) is -0.313. The van der Waals surface area contributed by atoms with Gasteiger partial charge in [-0.15, -0.1) is 0 Å². The Labute approximate surface area is 131 Å². The van der Waals surface area contributed by atoms with E-state index >= 15 is 0 Å². The van der Waals surface area contributed by atoms with Crippen molar-refractivity contribution in [2.45, 2.75) is 45.2 Å². The molecule has 0 bridgehead atoms. The number of hydrogen-bond acceptors (Lipinski definition) is 3. The Hall–Kier alpha value is -1.26. The van der Waals surface area contributed by atoms with Crippen molar-refractivity contribution in [1.29, 1.82) is 0 Å². The van der Waals surface area contributed by atoms with Crippen LogP contribution in [0.4, 0.5) is 5.69 Å². The number of nitrogens with one attached hydrogen (secondary N) is 1. The van der Waals surface area contributed by atoms with E-state index in [-0.39, 0.29) is 12.5 Å². The summed E-state index contributed by atoms with van der Waals surface area (Å²) in [4.78, 5) is 13.4. The van der Waals surface area contributed by atoms with Crippen LogP contribution in [0.25, 0.3) is 0 Å². The third kappa shape index (κ3) is 4.90. The maximum absolute atomic E-state index is 11.4. The van der Waals surface area contributed by atoms with E-state index in [1.54, 1.807) is 0 Å². The van der Waals surface area contributed by atoms with Gasteiger partial charge < -0.3 is 16.0 Å². The average Bonchev–Trinajstić information content (AvgIpc) is 3.25. The van der Waals surface area contributed by atoms with Crippen LogP contribution in [0, 0.1) is 0 Å². The number of benzene rings is 1. The van der Waals surface area contributed by atoms with Crippen molar-refractivity contribution in [2.75, 3.05) is 18.0 Å². The summed E-state index contributed by atoms with van der Waals surface area (Å²) in [6.45, 7) is 3.92. The molecule has 116 valence electrons. The average molecular weight is 310 g/mol. The number of rotatable bonds is 9. The molecule has 3 N–H and O–H groups in total. The topological polar surface area (TPSA) is 58.4 Å². The number of nitrogens with two attached hydrogens (primary N) is 1. The highest BCUT2D eigenvalue weighted by Crippen LogP contribution is 2.29. The number of carbonyl (C=O) groups is 1. The minimum Gasteiger partial charge on any atom is -0.368 e. The lowest BCUT2D eigenvalue weighted by Crippen LogP contribution is -2.35. The van der Waals surface area contributed by atoms with Crippen LogP contribution in [0.1, 0.15) is 38.2 Å². The molecule has 1 fully saturated rings. The van der Waals surface area contributed by atoms with E-state index in [1.807, 2.05) is 23.1 Å². The molecule has 1 saturated carbocycles. The Kier molecular flexibility index (Phi) is 5.88. The van der Waals surface area contributed by atoms with E-state index in [4.69, 9.17) is 17.3 Å². The first kappa shape index (κ1) is 16.1. The standard InChI is InChI=1S/C16H24ClN3O/c1-2-3-9-20(11-16(18)21)15-6-4-5-14(17)13(15)10-19-12-7-8-12/h4-6,12,19H,2-3,7-11H2,1H3,(H2,18,21). The van der Waals surface area contributed by atoms with Crippen molar-refractivity contribution in [3.63, 3.8) is 0 Å². The minimum atomic E-state index is -0.313. The van der Waals surface area contributed by atoms with Crippen LogP contribution in [-0.4, -0.2) is 25.0 Å². The molecule has 1 aliphatic carbocycles. The molecule has 4 nitrogen and oxygen atoms in total. The quantitative estimate of drug-likeness (QED) is 0.737. The predicted octanol–water partition coefficient (Wildman–Crippen LogP) is 2.68. The van der Waals surface area contributed by atoms with Crippen LogP contribution >= 0.6 is 11.6 Å². The molecular formula is C16H24ClN3O. The molecule has 0 saturated heterocycles. The van der Waals surface area contributed by atoms with E-state index in [0.717, 1.165) is 42.2 Å². The van der Waals surface area contributed by atoms with Gasteiger partial charge in [-0.25, -0.2) is 0 Å². The second-order valence-corrected chi connectivity index (χ2v) is 6.04. The maximum Gasteiger partial charge on any atom is 0.236 e. The molecule has 1 aromatic rings. The third-order valence-corrected chi connectivity index (χ3v) is 4.06. The zero-order valence-electron chi connectivity index (χ0n) is 12.6. The van der Waals surface area contributed by atoms with Crippen molar-refractivity contribution in [1.82, 2.24) is 5.32 Å². The van der Waals surface area contributed by atoms with Gasteiger partial charge in [0.15, 0.2) is 0 Å². The summed E-state index contributed by atoms with van der Waals surface area (Å²) in [5.41, 5.74) is 7.47. The Bertz CT molecular complexity index is 488. The summed E-state index contributed by atoms with van der Waals surface area (Å²) in [6.07, 6.45) is 4.57. The number of nitrogens with zero attached hydrogens (tertiary/aromatic N) is 1. The number of unbranched alkanes of at least 4 members (excludes halogenated alkanes) is 1. The lowest BCUT2D eigenvalue weighted by atomic mass is 10.1. The molecule has 0 atom stereocenters. The number of hydrogen-bond donors (Lipinski definition) is 2. The van der Waals surface area contributed by atoms with Gasteiger partial charge in [0.2, 0.25) is 5.91 Å². The fraction of sp³-hybridized carbons (Fsp3) is 0.562. The van der Waals surface area contributed by atoms with Crippen molar-refractivity contribution in [3.05, 3.63) is 28.8 Å². The lowest BCUT2D eigenvalue weighted by Gasteiger charge is -2.26. The molecule has 1 amide bonds. The van der Waals surface area contributed by atoms with E-state index in [1.165, 1.54) is 12.8 Å². The first-order chi connectivity index (χ1) is 10.1. The van der Waals surface area contributed by atoms with Gasteiger partial charge in [0, 0.05) is 35.4 Å². The van der Waals surface area contributed by atoms with Gasteiger partial charge in [0.1, 0.15) is 0 Å². The normalized spacial score (nSPS) is 14.2. The summed E-state index contributed by atoms with van der Waals surface area (Å²) in [7, 11) is 0. The Morgan fingerprint density at radius 3 is 2.86 bits per heavy atom. The molecule has 21 heavy (non-hydrogen) atoms. The summed E-state index contributed by atoms with van der Waals surface area (Å²) in [5, 5.41) is 4.23. The summed E-state index contributed by atoms with van der Waals surface area (Å²) >= 11 is 6.37. The molecule has 0 heterocycles. The number of anilines is 1. The highest BCUT2D eigenvalue weighted by molar-refractivity contribution is 6.31. The Morgan fingerprint density at radius 1 is 1.48 bits per heavy atom. The highest BCUT2D eigenvalue weighted by Gasteiger charge is 2.22. The summed E-state index contributed by atoms with van der Waals surface area (Å²) in [6, 6.07) is 6.47. The van der Waals surface area contributed by atoms with Gasteiger partial charge in [-0.2, -0.15) is 0 Å². The van der Waals surface area contributed by atoms with Gasteiger partial charge in [-0.3, -0.25) is 4.79 Å². The molecular weight excluding hydrogens is 286 g/mol. The van der Waals surface area contributed by atoms with Crippen LogP contribution < -0.4 is 16.0 Å². The molecule has 1 aromatic carbocycles. The molecule has 0 aromatic heterocycles. The van der Waals surface area contributed by atoms with E-state index in [0.29, 0.717) is 6.04 Å². The van der Waals surface area contributed by atoms with Gasteiger partial charge in [0.25, 0.3) is 0 Å². The minimum absolute atomic E-state index is 0.233. The fourth-order valence-corrected chi connectivity index (χ4v) is 2.61. The van der Waals surface area contributed by atoms with Gasteiger partial charge in [0.05, 0.1) is 6.54 Å². The first-order valence-corrected chi connectivity index (χ1v) is 8.03. The van der Waals surface area contributed by atoms with Crippen molar-refractivity contribution < 1.29 is 4.79 Å². The Balaban J connectivity index is 2.19. The van der Waals surface area contributed by atoms with Crippen LogP contribution in [-0.2, 0) is 11.3 Å². The smallest absolute Gasteiger partial charge is 0.236 e. The largest absolute Gasteiger partial charge is 0.368 e. The van der Waals surface area contributed by atoms with E-state index in [2.05, 4.69) is 12.2 Å². The highest BCUT2D eigenvalue weighted by atomic mass is 35.5. The molecule has 0 unspecified atom stereocenters. The Morgan fingerprint density at radius 2 is 2.24 bits per heavy atom. The number of amides is 1. The number of primary amides is 1. The second kappa shape index (κ2) is 7.66. The summed E-state index contributed by atoms with van der Waals surface area (Å²) < 4.78 is 0. The SMILES string of the molecule is CCCCN(CC(N)=O)c1cccc(Cl)c1CNC1CC1. The molecule has 0 aliphatic heterocycles. The monoisotopic (exact) mass is 309 g/mol. The number of carbonyl (C=O) groups excluding carboxylic acids is 1. The molecule has 2 rings (SSSR count). The molecule has 5 heteroatoms. The first-order valence-electron chi connectivity index (χ1n) is 7.65. The van der Waals surface area contributed by atoms with Crippen LogP contribution in [0.2, 0.25) is 5.02 Å². The maximum atomic E-state index is 11.4. The van der Waals surface area contributed by atoms with Gasteiger partial charge in [-0.1, -0.05) is 31.0 Å². The third-order valence-electron chi connectivity index (χ3n) is 3.71. The van der Waals surface area contributed by atoms with E-state index < -0.39 is 0 Å². The van der Waals surface area contributed by atoms with Gasteiger partial charge >= 0.3 is 0 Å². The van der Waals surface area contributed by atoms with Crippen molar-refractivity contribution >= 4 is 23.2 Å². The molecule has 0 spiro atoms.